The minimum absolute atomic E-state index is 0. The van der Waals surface area contributed by atoms with Gasteiger partial charge in [-0.05, 0) is 32.1 Å². The molecule has 122 valence electrons. The highest BCUT2D eigenvalue weighted by Crippen LogP contribution is 2.28. The average Bonchev–Trinajstić information content (AvgIpc) is 2.89. The Bertz CT molecular complexity index is 356. The predicted octanol–water partition coefficient (Wildman–Crippen LogP) is 2.02. The molecule has 0 saturated heterocycles. The molecule has 0 bridgehead atoms. The fraction of sp³-hybridized carbons (Fsp3) is 0.867. The fourth-order valence-corrected chi connectivity index (χ4v) is 2.66. The third-order valence-corrected chi connectivity index (χ3v) is 4.10. The van der Waals surface area contributed by atoms with Gasteiger partial charge in [0.25, 0.3) is 0 Å². The summed E-state index contributed by atoms with van der Waals surface area (Å²) in [6.07, 6.45) is 6.46. The van der Waals surface area contributed by atoms with Crippen LogP contribution < -0.4 is 16.0 Å². The van der Waals surface area contributed by atoms with Gasteiger partial charge in [0, 0.05) is 25.0 Å². The number of amides is 1. The lowest BCUT2D eigenvalue weighted by Crippen LogP contribution is -2.39. The third-order valence-electron chi connectivity index (χ3n) is 4.10. The molecule has 2 fully saturated rings. The van der Waals surface area contributed by atoms with Gasteiger partial charge < -0.3 is 16.0 Å². The number of hydrogen-bond donors (Lipinski definition) is 3. The van der Waals surface area contributed by atoms with Gasteiger partial charge in [0.2, 0.25) is 5.91 Å². The second-order valence-electron chi connectivity index (χ2n) is 6.02. The normalized spacial score (nSPS) is 25.1. The van der Waals surface area contributed by atoms with Gasteiger partial charge in [-0.25, -0.2) is 0 Å². The third kappa shape index (κ3) is 6.84. The molecular formula is C15H29IN4O. The van der Waals surface area contributed by atoms with Crippen molar-refractivity contribution in [2.45, 2.75) is 64.5 Å². The molecule has 2 unspecified atom stereocenters. The topological polar surface area (TPSA) is 65.5 Å². The van der Waals surface area contributed by atoms with Crippen molar-refractivity contribution in [3.05, 3.63) is 0 Å². The summed E-state index contributed by atoms with van der Waals surface area (Å²) in [5, 5.41) is 9.72. The van der Waals surface area contributed by atoms with Crippen molar-refractivity contribution in [1.82, 2.24) is 16.0 Å². The SMILES string of the molecule is CCNC(=NCCC(=O)NC1CCCC1)NC1CC1C.I. The maximum atomic E-state index is 11.8. The van der Waals surface area contributed by atoms with Gasteiger partial charge in [-0.15, -0.1) is 24.0 Å². The van der Waals surface area contributed by atoms with E-state index in [2.05, 4.69) is 34.8 Å². The summed E-state index contributed by atoms with van der Waals surface area (Å²) in [6, 6.07) is 0.963. The molecule has 0 aromatic heterocycles. The fourth-order valence-electron chi connectivity index (χ4n) is 2.66. The maximum absolute atomic E-state index is 11.8. The van der Waals surface area contributed by atoms with Crippen LogP contribution in [0.3, 0.4) is 0 Å². The number of carbonyl (C=O) groups excluding carboxylic acids is 1. The molecule has 0 aliphatic heterocycles. The first-order chi connectivity index (χ1) is 9.69. The molecule has 1 amide bonds. The zero-order valence-corrected chi connectivity index (χ0v) is 15.5. The first-order valence-corrected chi connectivity index (χ1v) is 8.03. The molecule has 2 aliphatic carbocycles. The quantitative estimate of drug-likeness (QED) is 0.358. The first kappa shape index (κ1) is 18.5. The number of carbonyl (C=O) groups is 1. The lowest BCUT2D eigenvalue weighted by molar-refractivity contribution is -0.121. The van der Waals surface area contributed by atoms with Crippen LogP contribution in [-0.2, 0) is 4.79 Å². The van der Waals surface area contributed by atoms with E-state index in [9.17, 15) is 4.79 Å². The number of nitrogens with one attached hydrogen (secondary N) is 3. The number of aliphatic imine (C=N–C) groups is 1. The Morgan fingerprint density at radius 2 is 1.90 bits per heavy atom. The smallest absolute Gasteiger partial charge is 0.222 e. The molecule has 2 aliphatic rings. The van der Waals surface area contributed by atoms with Crippen LogP contribution in [0, 0.1) is 5.92 Å². The predicted molar refractivity (Wildman–Crippen MR) is 97.1 cm³/mol. The molecule has 0 spiro atoms. The van der Waals surface area contributed by atoms with E-state index in [0.29, 0.717) is 25.0 Å². The Balaban J connectivity index is 0.00000220. The van der Waals surface area contributed by atoms with Crippen molar-refractivity contribution in [2.24, 2.45) is 10.9 Å². The van der Waals surface area contributed by atoms with E-state index in [1.807, 2.05) is 0 Å². The Labute approximate surface area is 145 Å². The van der Waals surface area contributed by atoms with Gasteiger partial charge in [0.1, 0.15) is 0 Å². The molecule has 2 rings (SSSR count). The van der Waals surface area contributed by atoms with Crippen LogP contribution in [-0.4, -0.2) is 37.0 Å². The number of halogens is 1. The number of hydrogen-bond acceptors (Lipinski definition) is 2. The number of guanidine groups is 1. The highest BCUT2D eigenvalue weighted by Gasteiger charge is 2.33. The van der Waals surface area contributed by atoms with E-state index < -0.39 is 0 Å². The average molecular weight is 408 g/mol. The molecule has 0 aromatic rings. The van der Waals surface area contributed by atoms with Gasteiger partial charge >= 0.3 is 0 Å². The van der Waals surface area contributed by atoms with Crippen molar-refractivity contribution in [1.29, 1.82) is 0 Å². The monoisotopic (exact) mass is 408 g/mol. The van der Waals surface area contributed by atoms with E-state index in [4.69, 9.17) is 0 Å². The largest absolute Gasteiger partial charge is 0.357 e. The van der Waals surface area contributed by atoms with E-state index in [0.717, 1.165) is 31.3 Å². The van der Waals surface area contributed by atoms with Gasteiger partial charge in [0.05, 0.1) is 6.54 Å². The van der Waals surface area contributed by atoms with Crippen molar-refractivity contribution in [3.8, 4) is 0 Å². The summed E-state index contributed by atoms with van der Waals surface area (Å²) in [5.41, 5.74) is 0. The summed E-state index contributed by atoms with van der Waals surface area (Å²) in [4.78, 5) is 16.3. The van der Waals surface area contributed by atoms with Crippen LogP contribution in [0.1, 0.15) is 52.4 Å². The molecule has 6 heteroatoms. The number of rotatable bonds is 6. The van der Waals surface area contributed by atoms with E-state index in [-0.39, 0.29) is 29.9 Å². The molecule has 21 heavy (non-hydrogen) atoms. The van der Waals surface area contributed by atoms with Gasteiger partial charge in [-0.3, -0.25) is 9.79 Å². The summed E-state index contributed by atoms with van der Waals surface area (Å²) >= 11 is 0. The van der Waals surface area contributed by atoms with Crippen LogP contribution >= 0.6 is 24.0 Å². The standard InChI is InChI=1S/C15H28N4O.HI/c1-3-16-15(19-13-10-11(13)2)17-9-8-14(20)18-12-6-4-5-7-12;/h11-13H,3-10H2,1-2H3,(H,18,20)(H2,16,17,19);1H. The summed E-state index contributed by atoms with van der Waals surface area (Å²) < 4.78 is 0. The van der Waals surface area contributed by atoms with Crippen molar-refractivity contribution >= 4 is 35.8 Å². The zero-order chi connectivity index (χ0) is 14.4. The van der Waals surface area contributed by atoms with Gasteiger partial charge in [-0.2, -0.15) is 0 Å². The van der Waals surface area contributed by atoms with E-state index >= 15 is 0 Å². The molecule has 0 aromatic carbocycles. The molecule has 2 saturated carbocycles. The maximum Gasteiger partial charge on any atom is 0.222 e. The molecule has 0 radical (unpaired) electrons. The van der Waals surface area contributed by atoms with Crippen LogP contribution in [0.25, 0.3) is 0 Å². The van der Waals surface area contributed by atoms with Crippen LogP contribution in [0.2, 0.25) is 0 Å². The summed E-state index contributed by atoms with van der Waals surface area (Å²) in [6.45, 7) is 5.69. The molecule has 2 atom stereocenters. The highest BCUT2D eigenvalue weighted by molar-refractivity contribution is 14.0. The number of nitrogens with zero attached hydrogens (tertiary/aromatic N) is 1. The minimum atomic E-state index is 0. The Morgan fingerprint density at radius 3 is 2.48 bits per heavy atom. The second-order valence-corrected chi connectivity index (χ2v) is 6.02. The van der Waals surface area contributed by atoms with Gasteiger partial charge in [0.15, 0.2) is 5.96 Å². The minimum Gasteiger partial charge on any atom is -0.357 e. The lowest BCUT2D eigenvalue weighted by atomic mass is 10.2. The Hall–Kier alpha value is -0.530. The first-order valence-electron chi connectivity index (χ1n) is 8.03. The molecule has 0 heterocycles. The van der Waals surface area contributed by atoms with Crippen LogP contribution in [0.4, 0.5) is 0 Å². The summed E-state index contributed by atoms with van der Waals surface area (Å²) in [7, 11) is 0. The van der Waals surface area contributed by atoms with Crippen molar-refractivity contribution in [2.75, 3.05) is 13.1 Å². The van der Waals surface area contributed by atoms with Crippen molar-refractivity contribution in [3.63, 3.8) is 0 Å². The second kappa shape index (κ2) is 9.48. The molecule has 3 N–H and O–H groups in total. The highest BCUT2D eigenvalue weighted by atomic mass is 127. The van der Waals surface area contributed by atoms with Crippen molar-refractivity contribution < 1.29 is 4.79 Å². The molecule has 5 nitrogen and oxygen atoms in total. The molecular weight excluding hydrogens is 379 g/mol. The Morgan fingerprint density at radius 1 is 1.24 bits per heavy atom. The Kier molecular flexibility index (Phi) is 8.36. The van der Waals surface area contributed by atoms with Crippen LogP contribution in [0.15, 0.2) is 4.99 Å². The van der Waals surface area contributed by atoms with Gasteiger partial charge in [-0.1, -0.05) is 19.8 Å². The summed E-state index contributed by atoms with van der Waals surface area (Å²) in [5.74, 6) is 1.72. The van der Waals surface area contributed by atoms with Crippen LogP contribution in [0.5, 0.6) is 0 Å². The van der Waals surface area contributed by atoms with E-state index in [1.54, 1.807) is 0 Å². The zero-order valence-electron chi connectivity index (χ0n) is 13.2. The van der Waals surface area contributed by atoms with E-state index in [1.165, 1.54) is 19.3 Å². The lowest BCUT2D eigenvalue weighted by Gasteiger charge is -2.12.